The van der Waals surface area contributed by atoms with Gasteiger partial charge in [-0.15, -0.1) is 11.3 Å². The van der Waals surface area contributed by atoms with Gasteiger partial charge in [-0.2, -0.15) is 0 Å². The van der Waals surface area contributed by atoms with Gasteiger partial charge >= 0.3 is 0 Å². The van der Waals surface area contributed by atoms with Crippen LogP contribution >= 0.6 is 11.3 Å². The molecule has 0 aromatic carbocycles. The number of nitrogens with zero attached hydrogens (tertiary/aromatic N) is 2. The molecule has 0 fully saturated rings. The van der Waals surface area contributed by atoms with Gasteiger partial charge in [-0.25, -0.2) is 4.98 Å². The molecule has 86 valence electrons. The summed E-state index contributed by atoms with van der Waals surface area (Å²) in [7, 11) is 1.99. The summed E-state index contributed by atoms with van der Waals surface area (Å²) in [4.78, 5) is 5.66. The Bertz CT molecular complexity index is 433. The molecule has 0 saturated heterocycles. The molecule has 2 aromatic rings. The third kappa shape index (κ3) is 2.03. The fourth-order valence-electron chi connectivity index (χ4n) is 1.72. The van der Waals surface area contributed by atoms with Crippen LogP contribution in [0.5, 0.6) is 0 Å². The van der Waals surface area contributed by atoms with Crippen molar-refractivity contribution in [1.29, 1.82) is 0 Å². The van der Waals surface area contributed by atoms with Crippen molar-refractivity contribution in [3.05, 3.63) is 29.9 Å². The summed E-state index contributed by atoms with van der Waals surface area (Å²) >= 11 is 1.73. The van der Waals surface area contributed by atoms with Crippen LogP contribution in [0.1, 0.15) is 19.9 Å². The largest absolute Gasteiger partial charge is 0.326 e. The summed E-state index contributed by atoms with van der Waals surface area (Å²) in [5, 5.41) is 5.36. The predicted octanol–water partition coefficient (Wildman–Crippen LogP) is 2.78. The number of hydrogen-bond acceptors (Lipinski definition) is 3. The van der Waals surface area contributed by atoms with Crippen LogP contribution in [0, 0.1) is 0 Å². The lowest BCUT2D eigenvalue weighted by atomic mass is 10.1. The van der Waals surface area contributed by atoms with Crippen LogP contribution in [-0.2, 0) is 0 Å². The van der Waals surface area contributed by atoms with Crippen LogP contribution in [0.15, 0.2) is 29.9 Å². The van der Waals surface area contributed by atoms with E-state index in [9.17, 15) is 0 Å². The summed E-state index contributed by atoms with van der Waals surface area (Å²) in [5.74, 6) is 1.06. The molecule has 0 bridgehead atoms. The second-order valence-electron chi connectivity index (χ2n) is 3.95. The van der Waals surface area contributed by atoms with Gasteiger partial charge in [0.1, 0.15) is 5.82 Å². The van der Waals surface area contributed by atoms with Crippen molar-refractivity contribution < 1.29 is 0 Å². The number of aromatic nitrogens is 2. The Hall–Kier alpha value is -1.13. The Labute approximate surface area is 100 Å². The van der Waals surface area contributed by atoms with E-state index < -0.39 is 0 Å². The number of thiophene rings is 1. The third-order valence-corrected chi connectivity index (χ3v) is 3.89. The zero-order chi connectivity index (χ0) is 11.5. The predicted molar refractivity (Wildman–Crippen MR) is 68.8 cm³/mol. The minimum atomic E-state index is 0.393. The van der Waals surface area contributed by atoms with E-state index in [1.807, 2.05) is 19.4 Å². The molecule has 16 heavy (non-hydrogen) atoms. The lowest BCUT2D eigenvalue weighted by Crippen LogP contribution is -2.30. The van der Waals surface area contributed by atoms with Crippen LogP contribution in [-0.4, -0.2) is 22.6 Å². The molecule has 2 atom stereocenters. The van der Waals surface area contributed by atoms with Crippen LogP contribution in [0.2, 0.25) is 0 Å². The van der Waals surface area contributed by atoms with Crippen molar-refractivity contribution in [3.8, 4) is 10.7 Å². The van der Waals surface area contributed by atoms with E-state index in [-0.39, 0.29) is 0 Å². The van der Waals surface area contributed by atoms with Crippen LogP contribution in [0.3, 0.4) is 0 Å². The molecular weight excluding hydrogens is 218 g/mol. The van der Waals surface area contributed by atoms with Gasteiger partial charge in [0.2, 0.25) is 0 Å². The lowest BCUT2D eigenvalue weighted by Gasteiger charge is -2.22. The smallest absolute Gasteiger partial charge is 0.150 e. The molecule has 0 amide bonds. The van der Waals surface area contributed by atoms with Crippen molar-refractivity contribution in [2.75, 3.05) is 7.05 Å². The van der Waals surface area contributed by atoms with Crippen LogP contribution < -0.4 is 5.32 Å². The summed E-state index contributed by atoms with van der Waals surface area (Å²) in [6.07, 6.45) is 3.92. The monoisotopic (exact) mass is 235 g/mol. The second-order valence-corrected chi connectivity index (χ2v) is 4.90. The van der Waals surface area contributed by atoms with Gasteiger partial charge in [-0.3, -0.25) is 0 Å². The lowest BCUT2D eigenvalue weighted by molar-refractivity contribution is 0.418. The number of hydrogen-bond donors (Lipinski definition) is 1. The van der Waals surface area contributed by atoms with Gasteiger partial charge in [0.25, 0.3) is 0 Å². The normalized spacial score (nSPS) is 14.9. The number of nitrogens with one attached hydrogen (secondary N) is 1. The molecule has 4 heteroatoms. The van der Waals surface area contributed by atoms with Gasteiger partial charge < -0.3 is 9.88 Å². The molecular formula is C12H17N3S. The third-order valence-electron chi connectivity index (χ3n) is 3.03. The van der Waals surface area contributed by atoms with Crippen molar-refractivity contribution in [3.63, 3.8) is 0 Å². The van der Waals surface area contributed by atoms with Gasteiger partial charge in [-0.1, -0.05) is 6.07 Å². The highest BCUT2D eigenvalue weighted by atomic mass is 32.1. The highest BCUT2D eigenvalue weighted by Crippen LogP contribution is 2.26. The number of rotatable bonds is 4. The van der Waals surface area contributed by atoms with Crippen LogP contribution in [0.25, 0.3) is 10.7 Å². The fourth-order valence-corrected chi connectivity index (χ4v) is 2.44. The first-order valence-electron chi connectivity index (χ1n) is 5.48. The summed E-state index contributed by atoms with van der Waals surface area (Å²) in [5.41, 5.74) is 0. The summed E-state index contributed by atoms with van der Waals surface area (Å²) in [6.45, 7) is 4.39. The SMILES string of the molecule is CNC(C)C(C)n1ccnc1-c1cccs1. The highest BCUT2D eigenvalue weighted by Gasteiger charge is 2.16. The van der Waals surface area contributed by atoms with E-state index in [1.165, 1.54) is 4.88 Å². The molecule has 1 N–H and O–H groups in total. The van der Waals surface area contributed by atoms with E-state index in [2.05, 4.69) is 46.2 Å². The zero-order valence-corrected chi connectivity index (χ0v) is 10.7. The minimum absolute atomic E-state index is 0.393. The van der Waals surface area contributed by atoms with E-state index in [0.717, 1.165) is 5.82 Å². The first-order chi connectivity index (χ1) is 7.74. The van der Waals surface area contributed by atoms with Crippen molar-refractivity contribution in [2.45, 2.75) is 25.9 Å². The molecule has 0 radical (unpaired) electrons. The molecule has 0 aliphatic rings. The van der Waals surface area contributed by atoms with Crippen molar-refractivity contribution in [2.24, 2.45) is 0 Å². The Balaban J connectivity index is 2.33. The van der Waals surface area contributed by atoms with Crippen molar-refractivity contribution in [1.82, 2.24) is 14.9 Å². The maximum absolute atomic E-state index is 4.44. The van der Waals surface area contributed by atoms with Gasteiger partial charge in [0, 0.05) is 24.5 Å². The second kappa shape index (κ2) is 4.80. The summed E-state index contributed by atoms with van der Waals surface area (Å²) in [6, 6.07) is 4.99. The van der Waals surface area contributed by atoms with E-state index in [4.69, 9.17) is 0 Å². The average Bonchev–Trinajstić information content (AvgIpc) is 2.95. The van der Waals surface area contributed by atoms with Gasteiger partial charge in [0.05, 0.1) is 4.88 Å². The molecule has 0 saturated carbocycles. The Kier molecular flexibility index (Phi) is 3.41. The first-order valence-corrected chi connectivity index (χ1v) is 6.36. The van der Waals surface area contributed by atoms with Crippen LogP contribution in [0.4, 0.5) is 0 Å². The molecule has 0 spiro atoms. The quantitative estimate of drug-likeness (QED) is 0.883. The van der Waals surface area contributed by atoms with Gasteiger partial charge in [-0.05, 0) is 32.3 Å². The maximum atomic E-state index is 4.44. The molecule has 3 nitrogen and oxygen atoms in total. The number of likely N-dealkylation sites (N-methyl/N-ethyl adjacent to an activating group) is 1. The first kappa shape index (κ1) is 11.4. The molecule has 2 unspecified atom stereocenters. The topological polar surface area (TPSA) is 29.9 Å². The van der Waals surface area contributed by atoms with E-state index in [0.29, 0.717) is 12.1 Å². The Morgan fingerprint density at radius 1 is 1.44 bits per heavy atom. The molecule has 0 aliphatic carbocycles. The van der Waals surface area contributed by atoms with E-state index >= 15 is 0 Å². The average molecular weight is 235 g/mol. The molecule has 2 rings (SSSR count). The van der Waals surface area contributed by atoms with Crippen molar-refractivity contribution >= 4 is 11.3 Å². The van der Waals surface area contributed by atoms with Gasteiger partial charge in [0.15, 0.2) is 0 Å². The summed E-state index contributed by atoms with van der Waals surface area (Å²) < 4.78 is 2.23. The fraction of sp³-hybridized carbons (Fsp3) is 0.417. The Morgan fingerprint density at radius 2 is 2.25 bits per heavy atom. The minimum Gasteiger partial charge on any atom is -0.326 e. The highest BCUT2D eigenvalue weighted by molar-refractivity contribution is 7.13. The molecule has 0 aliphatic heterocycles. The van der Waals surface area contributed by atoms with E-state index in [1.54, 1.807) is 11.3 Å². The molecule has 2 heterocycles. The standard InChI is InChI=1S/C12H17N3S/c1-9(13-3)10(2)15-7-6-14-12(15)11-5-4-8-16-11/h4-10,13H,1-3H3. The maximum Gasteiger partial charge on any atom is 0.150 e. The zero-order valence-electron chi connectivity index (χ0n) is 9.84. The Morgan fingerprint density at radius 3 is 2.88 bits per heavy atom. The molecule has 2 aromatic heterocycles. The number of imidazole rings is 1.